The quantitative estimate of drug-likeness (QED) is 0.589. The fraction of sp³-hybridized carbons (Fsp3) is 0.429. The highest BCUT2D eigenvalue weighted by Gasteiger charge is 2.43. The van der Waals surface area contributed by atoms with E-state index in [0.717, 1.165) is 41.7 Å². The minimum atomic E-state index is -0.307. The van der Waals surface area contributed by atoms with Gasteiger partial charge in [-0.15, -0.1) is 6.58 Å². The van der Waals surface area contributed by atoms with Crippen LogP contribution in [-0.2, 0) is 9.53 Å². The fourth-order valence-corrected chi connectivity index (χ4v) is 4.64. The maximum Gasteiger partial charge on any atom is 0.293 e. The van der Waals surface area contributed by atoms with Crippen LogP contribution in [0.3, 0.4) is 0 Å². The van der Waals surface area contributed by atoms with Gasteiger partial charge in [-0.2, -0.15) is 0 Å². The van der Waals surface area contributed by atoms with Gasteiger partial charge in [0.2, 0.25) is 0 Å². The highest BCUT2D eigenvalue weighted by atomic mass is 16.5. The van der Waals surface area contributed by atoms with Gasteiger partial charge in [-0.05, 0) is 55.5 Å². The van der Waals surface area contributed by atoms with Crippen LogP contribution in [0.15, 0.2) is 43.1 Å². The molecule has 4 heterocycles. The van der Waals surface area contributed by atoms with Crippen molar-refractivity contribution in [3.63, 3.8) is 0 Å². The Labute approximate surface area is 153 Å². The summed E-state index contributed by atoms with van der Waals surface area (Å²) < 4.78 is 11.0. The van der Waals surface area contributed by atoms with E-state index in [2.05, 4.69) is 22.5 Å². The highest BCUT2D eigenvalue weighted by Crippen LogP contribution is 2.43. The van der Waals surface area contributed by atoms with Gasteiger partial charge in [0.15, 0.2) is 0 Å². The molecule has 3 fully saturated rings. The predicted molar refractivity (Wildman–Crippen MR) is 100.0 cm³/mol. The van der Waals surface area contributed by atoms with Gasteiger partial charge in [-0.25, -0.2) is 0 Å². The summed E-state index contributed by atoms with van der Waals surface area (Å²) >= 11 is 0. The van der Waals surface area contributed by atoms with Crippen LogP contribution in [0.4, 0.5) is 0 Å². The lowest BCUT2D eigenvalue weighted by Crippen LogP contribution is -2.55. The highest BCUT2D eigenvalue weighted by molar-refractivity contribution is 5.84. The van der Waals surface area contributed by atoms with E-state index in [1.165, 1.54) is 6.42 Å². The zero-order valence-corrected chi connectivity index (χ0v) is 15.0. The molecule has 0 N–H and O–H groups in total. The SMILES string of the molecule is C=C[C@H]1CN2CC[C@@H]1C[C@@H]2[C@@H](OC=O)c1ccnc2ccc(OC)cc12. The predicted octanol–water partition coefficient (Wildman–Crippen LogP) is 3.35. The van der Waals surface area contributed by atoms with Crippen molar-refractivity contribution < 1.29 is 14.3 Å². The van der Waals surface area contributed by atoms with Crippen LogP contribution < -0.4 is 4.74 Å². The number of piperidine rings is 3. The molecule has 1 unspecified atom stereocenters. The number of hydrogen-bond acceptors (Lipinski definition) is 5. The summed E-state index contributed by atoms with van der Waals surface area (Å²) in [5, 5.41) is 0.974. The molecule has 2 aromatic rings. The molecule has 0 aliphatic carbocycles. The number of pyridine rings is 1. The fourth-order valence-electron chi connectivity index (χ4n) is 4.64. The van der Waals surface area contributed by atoms with Crippen molar-refractivity contribution >= 4 is 17.4 Å². The number of carbonyl (C=O) groups excluding carboxylic acids is 1. The first-order chi connectivity index (χ1) is 12.7. The first-order valence-electron chi connectivity index (χ1n) is 9.13. The van der Waals surface area contributed by atoms with Gasteiger partial charge in [0, 0.05) is 23.7 Å². The number of aromatic nitrogens is 1. The average molecular weight is 352 g/mol. The summed E-state index contributed by atoms with van der Waals surface area (Å²) in [5.41, 5.74) is 1.87. The molecule has 0 spiro atoms. The molecule has 1 aromatic heterocycles. The molecule has 1 aromatic carbocycles. The summed E-state index contributed by atoms with van der Waals surface area (Å²) in [4.78, 5) is 18.2. The first-order valence-corrected chi connectivity index (χ1v) is 9.13. The summed E-state index contributed by atoms with van der Waals surface area (Å²) in [6.45, 7) is 6.60. The lowest BCUT2D eigenvalue weighted by atomic mass is 9.73. The molecule has 0 radical (unpaired) electrons. The zero-order chi connectivity index (χ0) is 18.1. The molecule has 136 valence electrons. The van der Waals surface area contributed by atoms with Crippen molar-refractivity contribution in [3.05, 3.63) is 48.7 Å². The van der Waals surface area contributed by atoms with Crippen LogP contribution in [-0.4, -0.2) is 42.6 Å². The minimum absolute atomic E-state index is 0.187. The maximum absolute atomic E-state index is 11.3. The number of methoxy groups -OCH3 is 1. The molecular weight excluding hydrogens is 328 g/mol. The Balaban J connectivity index is 1.75. The summed E-state index contributed by atoms with van der Waals surface area (Å²) in [7, 11) is 1.65. The van der Waals surface area contributed by atoms with Gasteiger partial charge in [-0.3, -0.25) is 14.7 Å². The molecule has 3 aliphatic heterocycles. The second-order valence-electron chi connectivity index (χ2n) is 7.18. The molecule has 5 heteroatoms. The largest absolute Gasteiger partial charge is 0.497 e. The van der Waals surface area contributed by atoms with Gasteiger partial charge >= 0.3 is 0 Å². The number of fused-ring (bicyclic) bond motifs is 4. The molecule has 5 nitrogen and oxygen atoms in total. The van der Waals surface area contributed by atoms with E-state index in [1.54, 1.807) is 13.3 Å². The Hall–Kier alpha value is -2.40. The van der Waals surface area contributed by atoms with Gasteiger partial charge in [0.25, 0.3) is 6.47 Å². The molecule has 5 atom stereocenters. The lowest BCUT2D eigenvalue weighted by Gasteiger charge is -2.51. The van der Waals surface area contributed by atoms with E-state index in [4.69, 9.17) is 9.47 Å². The van der Waals surface area contributed by atoms with Gasteiger partial charge < -0.3 is 9.47 Å². The Kier molecular flexibility index (Phi) is 4.64. The van der Waals surface area contributed by atoms with E-state index < -0.39 is 0 Å². The Morgan fingerprint density at radius 2 is 2.27 bits per heavy atom. The molecular formula is C21H24N2O3. The zero-order valence-electron chi connectivity index (χ0n) is 15.0. The Bertz CT molecular complexity index is 822. The van der Waals surface area contributed by atoms with Crippen LogP contribution in [0.2, 0.25) is 0 Å². The number of ether oxygens (including phenoxy) is 2. The lowest BCUT2D eigenvalue weighted by molar-refractivity contribution is -0.141. The van der Waals surface area contributed by atoms with E-state index in [1.807, 2.05) is 24.3 Å². The van der Waals surface area contributed by atoms with Crippen molar-refractivity contribution in [1.29, 1.82) is 0 Å². The Morgan fingerprint density at radius 3 is 2.96 bits per heavy atom. The van der Waals surface area contributed by atoms with E-state index in [9.17, 15) is 4.79 Å². The molecule has 0 amide bonds. The standard InChI is InChI=1S/C21H24N2O3/c1-3-14-12-23-9-7-15(14)10-20(23)21(26-13-24)17-6-8-22-19-5-4-16(25-2)11-18(17)19/h3-6,8,11,13-15,20-21H,1,7,9-10,12H2,2H3/t14-,15+,20+,21-/m0/s1. The van der Waals surface area contributed by atoms with Crippen LogP contribution in [0.1, 0.15) is 24.5 Å². The van der Waals surface area contributed by atoms with Gasteiger partial charge in [0.05, 0.1) is 18.7 Å². The van der Waals surface area contributed by atoms with Crippen LogP contribution in [0, 0.1) is 11.8 Å². The van der Waals surface area contributed by atoms with Crippen LogP contribution in [0.5, 0.6) is 5.75 Å². The number of rotatable bonds is 6. The number of benzene rings is 1. The van der Waals surface area contributed by atoms with Gasteiger partial charge in [0.1, 0.15) is 11.9 Å². The second kappa shape index (κ2) is 7.08. The monoisotopic (exact) mass is 352 g/mol. The average Bonchev–Trinajstić information content (AvgIpc) is 2.71. The molecule has 26 heavy (non-hydrogen) atoms. The van der Waals surface area contributed by atoms with Crippen molar-refractivity contribution in [2.45, 2.75) is 25.0 Å². The maximum atomic E-state index is 11.3. The first kappa shape index (κ1) is 17.0. The van der Waals surface area contributed by atoms with E-state index in [-0.39, 0.29) is 12.1 Å². The third kappa shape index (κ3) is 2.86. The third-order valence-electron chi connectivity index (χ3n) is 5.99. The smallest absolute Gasteiger partial charge is 0.293 e. The van der Waals surface area contributed by atoms with Crippen molar-refractivity contribution in [2.24, 2.45) is 11.8 Å². The molecule has 3 saturated heterocycles. The van der Waals surface area contributed by atoms with Crippen molar-refractivity contribution in [2.75, 3.05) is 20.2 Å². The number of carbonyl (C=O) groups is 1. The molecule has 5 rings (SSSR count). The van der Waals surface area contributed by atoms with E-state index in [0.29, 0.717) is 18.3 Å². The summed E-state index contributed by atoms with van der Waals surface area (Å²) in [6.07, 6.45) is 5.76. The Morgan fingerprint density at radius 1 is 1.38 bits per heavy atom. The minimum Gasteiger partial charge on any atom is -0.497 e. The van der Waals surface area contributed by atoms with Crippen LogP contribution >= 0.6 is 0 Å². The third-order valence-corrected chi connectivity index (χ3v) is 5.99. The van der Waals surface area contributed by atoms with Crippen molar-refractivity contribution in [3.8, 4) is 5.75 Å². The molecule has 0 saturated carbocycles. The summed E-state index contributed by atoms with van der Waals surface area (Å²) in [6, 6.07) is 7.96. The van der Waals surface area contributed by atoms with Crippen molar-refractivity contribution in [1.82, 2.24) is 9.88 Å². The topological polar surface area (TPSA) is 51.7 Å². The normalized spacial score (nSPS) is 28.5. The molecule has 3 aliphatic rings. The van der Waals surface area contributed by atoms with E-state index >= 15 is 0 Å². The van der Waals surface area contributed by atoms with Crippen LogP contribution in [0.25, 0.3) is 10.9 Å². The molecule has 2 bridgehead atoms. The van der Waals surface area contributed by atoms with Gasteiger partial charge in [-0.1, -0.05) is 6.08 Å². The number of hydrogen-bond donors (Lipinski definition) is 0. The number of nitrogens with zero attached hydrogens (tertiary/aromatic N) is 2. The summed E-state index contributed by atoms with van der Waals surface area (Å²) in [5.74, 6) is 1.92. The second-order valence-corrected chi connectivity index (χ2v) is 7.18.